The second-order valence-corrected chi connectivity index (χ2v) is 39.5. The maximum atomic E-state index is 13.5. The maximum Gasteiger partial charge on any atom is 0.264 e. The minimum Gasteiger partial charge on any atom is -0.493 e. The van der Waals surface area contributed by atoms with Crippen molar-refractivity contribution in [3.8, 4) is 58.1 Å². The summed E-state index contributed by atoms with van der Waals surface area (Å²) in [5, 5.41) is 28.9. The molecular formula is C90H92Cl2N10O28S4. The molecule has 38 nitrogen and oxygen atoms in total. The van der Waals surface area contributed by atoms with Crippen molar-refractivity contribution >= 4 is 156 Å². The number of carbonyl (C=O) groups is 12. The molecule has 8 aromatic carbocycles. The van der Waals surface area contributed by atoms with Crippen LogP contribution >= 0.6 is 23.2 Å². The Morgan fingerprint density at radius 1 is 0.336 bits per heavy atom. The molecule has 4 heterocycles. The monoisotopic (exact) mass is 1960 g/mol. The molecule has 44 heteroatoms. The Hall–Kier alpha value is -14.0. The molecule has 0 saturated carbocycles. The molecule has 4 aliphatic rings. The summed E-state index contributed by atoms with van der Waals surface area (Å²) >= 11 is 12.4. The molecule has 4 aliphatic heterocycles. The number of hydrogen-bond donors (Lipinski definition) is 4. The standard InChI is InChI=1S/2C23H23N3O7S.2C22H23ClN2O7S/c2*1-5-33-19-10-14(7-9-18(19)32-3)17(12-34(4,30)31)26-22(28)20-15(11-24)6-8-16(25-13(2)27)21(20)23(26)29;2*1-5-32-18-10-13(6-9-17(18)31-3)16(11-33(4,29)30)25-21(27)19-14(23)7-8-15(24-12(2)26)20(19)22(25)28/h2*6-10,17H,5,12H2,1-4H3,(H,25,27);2*6-10,16H,5,11H2,1-4H3,(H,24,26)/t17-;;16-;/m1.1./s1/i;;2*3D3. The van der Waals surface area contributed by atoms with E-state index in [0.717, 1.165) is 44.6 Å². The molecule has 0 spiro atoms. The van der Waals surface area contributed by atoms with Gasteiger partial charge in [0.15, 0.2) is 46.0 Å². The predicted molar refractivity (Wildman–Crippen MR) is 491 cm³/mol. The lowest BCUT2D eigenvalue weighted by Gasteiger charge is -2.27. The van der Waals surface area contributed by atoms with Crippen LogP contribution in [0.15, 0.2) is 121 Å². The number of hydrogen-bond acceptors (Lipinski definition) is 30. The van der Waals surface area contributed by atoms with Crippen LogP contribution in [-0.4, -0.2) is 227 Å². The fraction of sp³-hybridized carbons (Fsp3) is 0.311. The molecule has 2 unspecified atom stereocenters. The third-order valence-electron chi connectivity index (χ3n) is 20.0. The first-order valence-corrected chi connectivity index (χ1v) is 48.9. The van der Waals surface area contributed by atoms with Gasteiger partial charge in [-0.2, -0.15) is 10.5 Å². The van der Waals surface area contributed by atoms with Crippen molar-refractivity contribution in [1.82, 2.24) is 19.6 Å². The number of benzene rings is 8. The quantitative estimate of drug-likeness (QED) is 0.0285. The number of nitrogens with zero attached hydrogens (tertiary/aromatic N) is 6. The first kappa shape index (κ1) is 94.6. The van der Waals surface area contributed by atoms with E-state index in [1.54, 1.807) is 52.0 Å². The molecule has 0 bridgehead atoms. The van der Waals surface area contributed by atoms with Gasteiger partial charge in [0.25, 0.3) is 47.3 Å². The zero-order valence-corrected chi connectivity index (χ0v) is 78.8. The van der Waals surface area contributed by atoms with E-state index in [0.29, 0.717) is 47.3 Å². The molecule has 0 fully saturated rings. The van der Waals surface area contributed by atoms with Gasteiger partial charge in [0.1, 0.15) is 39.3 Å². The second-order valence-electron chi connectivity index (χ2n) is 30.0. The van der Waals surface area contributed by atoms with Crippen LogP contribution in [0.4, 0.5) is 22.7 Å². The van der Waals surface area contributed by atoms with Crippen LogP contribution in [0.5, 0.6) is 46.0 Å². The summed E-state index contributed by atoms with van der Waals surface area (Å²) in [5.41, 5.74) is -0.237. The Balaban J connectivity index is 0.000000209. The van der Waals surface area contributed by atoms with E-state index in [1.165, 1.54) is 139 Å². The Kier molecular flexibility index (Phi) is 30.4. The van der Waals surface area contributed by atoms with E-state index in [2.05, 4.69) is 21.3 Å². The Labute approximate surface area is 790 Å². The zero-order chi connectivity index (χ0) is 104. The SMILES string of the molecule is CCOc1cc(C(CS(C)(=O)=O)N2C(=O)c3c(C#N)ccc(NC(C)=O)c3C2=O)ccc1OC.CCOc1cc([C@@H](CS(C)(=O)=O)N2C(=O)c3c(C#N)ccc(NC(C)=O)c3C2=O)ccc1OC.[2H]C([2H])([2H])Oc1ccc(C(CS(C)(=O)=O)N2C(=O)c3c(Cl)ccc(NC(C)=O)c3C2=O)cc1OCC.[2H]C([2H])([2H])Oc1ccc([C@@H](CS(C)(=O)=O)N2C(=O)c3c(Cl)ccc(NC(C)=O)c3C2=O)cc1OCC. The normalized spacial score (nSPS) is 14.8. The molecule has 0 aliphatic carbocycles. The minimum absolute atomic E-state index is 0.0156. The number of nitrogens with one attached hydrogen (secondary N) is 4. The van der Waals surface area contributed by atoms with Crippen molar-refractivity contribution in [2.24, 2.45) is 0 Å². The van der Waals surface area contributed by atoms with Crippen LogP contribution in [0.25, 0.3) is 0 Å². The molecule has 0 radical (unpaired) electrons. The van der Waals surface area contributed by atoms with Gasteiger partial charge in [-0.05, 0) is 147 Å². The van der Waals surface area contributed by atoms with Crippen LogP contribution in [0.3, 0.4) is 0 Å². The number of rotatable bonds is 32. The van der Waals surface area contributed by atoms with Crippen LogP contribution < -0.4 is 59.2 Å². The number of ether oxygens (including phenoxy) is 8. The van der Waals surface area contributed by atoms with Gasteiger partial charge in [-0.25, -0.2) is 33.7 Å². The number of sulfone groups is 4. The molecular weight excluding hydrogens is 1870 g/mol. The maximum absolute atomic E-state index is 13.5. The van der Waals surface area contributed by atoms with Gasteiger partial charge in [0.05, 0.1) is 211 Å². The molecule has 708 valence electrons. The van der Waals surface area contributed by atoms with Crippen molar-refractivity contribution in [3.05, 3.63) is 209 Å². The number of imide groups is 4. The highest BCUT2D eigenvalue weighted by molar-refractivity contribution is 7.91. The van der Waals surface area contributed by atoms with Crippen LogP contribution in [0.1, 0.15) is 204 Å². The number of halogens is 2. The second kappa shape index (κ2) is 43.1. The lowest BCUT2D eigenvalue weighted by Crippen LogP contribution is -2.38. The number of nitriles is 2. The van der Waals surface area contributed by atoms with Crippen LogP contribution in [0.2, 0.25) is 10.0 Å². The van der Waals surface area contributed by atoms with Gasteiger partial charge in [0.2, 0.25) is 23.6 Å². The third-order valence-corrected chi connectivity index (χ3v) is 24.3. The fourth-order valence-electron chi connectivity index (χ4n) is 14.9. The summed E-state index contributed by atoms with van der Waals surface area (Å²) in [6, 6.07) is 26.6. The molecule has 4 N–H and O–H groups in total. The van der Waals surface area contributed by atoms with E-state index in [4.69, 9.17) is 69.3 Å². The van der Waals surface area contributed by atoms with Gasteiger partial charge >= 0.3 is 0 Å². The highest BCUT2D eigenvalue weighted by Crippen LogP contribution is 2.47. The molecule has 4 atom stereocenters. The van der Waals surface area contributed by atoms with Gasteiger partial charge < -0.3 is 59.2 Å². The molecule has 12 rings (SSSR count). The van der Waals surface area contributed by atoms with E-state index < -0.39 is 171 Å². The average molecular weight is 1970 g/mol. The lowest BCUT2D eigenvalue weighted by molar-refractivity contribution is -0.115. The summed E-state index contributed by atoms with van der Waals surface area (Å²) < 4.78 is 185. The summed E-state index contributed by atoms with van der Waals surface area (Å²) in [4.78, 5) is 157. The predicted octanol–water partition coefficient (Wildman–Crippen LogP) is 10.8. The summed E-state index contributed by atoms with van der Waals surface area (Å²) in [6.07, 6.45) is 3.88. The summed E-state index contributed by atoms with van der Waals surface area (Å²) in [5.74, 6) is -9.89. The molecule has 12 amide bonds. The van der Waals surface area contributed by atoms with Gasteiger partial charge in [-0.1, -0.05) is 47.5 Å². The highest BCUT2D eigenvalue weighted by atomic mass is 35.5. The lowest BCUT2D eigenvalue weighted by atomic mass is 10.0. The Morgan fingerprint density at radius 2 is 0.545 bits per heavy atom. The van der Waals surface area contributed by atoms with Gasteiger partial charge in [-0.15, -0.1) is 0 Å². The van der Waals surface area contributed by atoms with Crippen LogP contribution in [0, 0.1) is 22.7 Å². The molecule has 0 saturated heterocycles. The number of methoxy groups -OCH3 is 4. The first-order chi connectivity index (χ1) is 65.3. The minimum atomic E-state index is -3.76. The first-order valence-electron chi connectivity index (χ1n) is 42.9. The number of anilines is 4. The summed E-state index contributed by atoms with van der Waals surface area (Å²) in [7, 11) is -17.5. The Morgan fingerprint density at radius 3 is 0.746 bits per heavy atom. The van der Waals surface area contributed by atoms with Crippen molar-refractivity contribution in [2.75, 3.05) is 124 Å². The van der Waals surface area contributed by atoms with Crippen molar-refractivity contribution in [2.45, 2.75) is 79.6 Å². The number of amides is 12. The molecule has 134 heavy (non-hydrogen) atoms. The largest absolute Gasteiger partial charge is 0.493 e. The van der Waals surface area contributed by atoms with E-state index in [9.17, 15) is 102 Å². The number of carbonyl (C=O) groups excluding carboxylic acids is 12. The smallest absolute Gasteiger partial charge is 0.264 e. The van der Waals surface area contributed by atoms with Gasteiger partial charge in [-0.3, -0.25) is 77.1 Å². The van der Waals surface area contributed by atoms with Crippen molar-refractivity contribution in [1.29, 1.82) is 10.5 Å². The Bertz CT molecular complexity index is 6590. The van der Waals surface area contributed by atoms with E-state index in [-0.39, 0.29) is 136 Å². The van der Waals surface area contributed by atoms with Gasteiger partial charge in [0, 0.05) is 52.7 Å². The summed E-state index contributed by atoms with van der Waals surface area (Å²) in [6.45, 7) is 12.6. The molecule has 0 aromatic heterocycles. The zero-order valence-electron chi connectivity index (χ0n) is 80.0. The van der Waals surface area contributed by atoms with Crippen molar-refractivity contribution in [3.63, 3.8) is 0 Å². The molecule has 8 aromatic rings. The topological polar surface area (TPSA) is 524 Å². The average Bonchev–Trinajstić information content (AvgIpc) is 1.59. The van der Waals surface area contributed by atoms with Crippen molar-refractivity contribution < 1.29 is 137 Å². The van der Waals surface area contributed by atoms with E-state index >= 15 is 0 Å². The van der Waals surface area contributed by atoms with E-state index in [1.807, 2.05) is 12.1 Å². The third kappa shape index (κ3) is 23.5. The number of fused-ring (bicyclic) bond motifs is 4. The van der Waals surface area contributed by atoms with Crippen LogP contribution in [-0.2, 0) is 58.5 Å². The fourth-order valence-corrected chi connectivity index (χ4v) is 19.0. The highest BCUT2D eigenvalue weighted by Gasteiger charge is 2.50.